The second-order valence-electron chi connectivity index (χ2n) is 4.60. The molecule has 0 aliphatic heterocycles. The number of thiophene rings is 1. The molecular formula is C12H18N2OS. The lowest BCUT2D eigenvalue weighted by Gasteiger charge is -2.39. The van der Waals surface area contributed by atoms with Gasteiger partial charge in [-0.15, -0.1) is 0 Å². The lowest BCUT2D eigenvalue weighted by atomic mass is 9.68. The first-order valence-electron chi connectivity index (χ1n) is 5.68. The molecule has 3 nitrogen and oxygen atoms in total. The molecule has 1 aliphatic rings. The van der Waals surface area contributed by atoms with Gasteiger partial charge in [0.05, 0.1) is 5.41 Å². The standard InChI is InChI=1S/C12H18N2OS/c1-9-6-16-7-10(9)5-14-11(15)12(8-13)3-2-4-12/h6-7H,2-5,8,13H2,1H3,(H,14,15). The van der Waals surface area contributed by atoms with E-state index >= 15 is 0 Å². The lowest BCUT2D eigenvalue weighted by molar-refractivity contribution is -0.135. The molecule has 0 bridgehead atoms. The summed E-state index contributed by atoms with van der Waals surface area (Å²) in [6, 6.07) is 0. The van der Waals surface area contributed by atoms with Crippen molar-refractivity contribution in [1.82, 2.24) is 5.32 Å². The molecular weight excluding hydrogens is 220 g/mol. The Labute approximate surface area is 100 Å². The molecule has 1 aromatic rings. The fourth-order valence-electron chi connectivity index (χ4n) is 2.06. The van der Waals surface area contributed by atoms with Crippen LogP contribution in [0.2, 0.25) is 0 Å². The third-order valence-electron chi connectivity index (χ3n) is 3.58. The van der Waals surface area contributed by atoms with E-state index in [0.29, 0.717) is 13.1 Å². The Morgan fingerprint density at radius 3 is 2.75 bits per heavy atom. The number of hydrogen-bond acceptors (Lipinski definition) is 3. The van der Waals surface area contributed by atoms with Crippen LogP contribution in [0.25, 0.3) is 0 Å². The minimum atomic E-state index is -0.260. The Morgan fingerprint density at radius 2 is 2.31 bits per heavy atom. The monoisotopic (exact) mass is 238 g/mol. The molecule has 3 N–H and O–H groups in total. The van der Waals surface area contributed by atoms with Gasteiger partial charge in [0.15, 0.2) is 0 Å². The summed E-state index contributed by atoms with van der Waals surface area (Å²) in [6.45, 7) is 3.18. The van der Waals surface area contributed by atoms with E-state index in [0.717, 1.165) is 19.3 Å². The van der Waals surface area contributed by atoms with Crippen LogP contribution in [0, 0.1) is 12.3 Å². The molecule has 0 saturated heterocycles. The minimum absolute atomic E-state index is 0.131. The van der Waals surface area contributed by atoms with E-state index in [2.05, 4.69) is 23.0 Å². The van der Waals surface area contributed by atoms with E-state index in [1.54, 1.807) is 11.3 Å². The summed E-state index contributed by atoms with van der Waals surface area (Å²) in [5.74, 6) is 0.131. The first-order chi connectivity index (χ1) is 7.68. The molecule has 1 fully saturated rings. The summed E-state index contributed by atoms with van der Waals surface area (Å²) >= 11 is 1.67. The number of aryl methyl sites for hydroxylation is 1. The van der Waals surface area contributed by atoms with Crippen molar-refractivity contribution in [3.05, 3.63) is 21.9 Å². The van der Waals surface area contributed by atoms with Gasteiger partial charge in [0.1, 0.15) is 0 Å². The van der Waals surface area contributed by atoms with Crippen molar-refractivity contribution < 1.29 is 4.79 Å². The van der Waals surface area contributed by atoms with Crippen LogP contribution in [0.4, 0.5) is 0 Å². The maximum atomic E-state index is 12.0. The van der Waals surface area contributed by atoms with Gasteiger partial charge in [-0.3, -0.25) is 4.79 Å². The van der Waals surface area contributed by atoms with Crippen LogP contribution in [0.1, 0.15) is 30.4 Å². The van der Waals surface area contributed by atoms with Crippen LogP contribution < -0.4 is 11.1 Å². The van der Waals surface area contributed by atoms with E-state index in [9.17, 15) is 4.79 Å². The summed E-state index contributed by atoms with van der Waals surface area (Å²) in [5.41, 5.74) is 7.89. The Balaban J connectivity index is 1.91. The average molecular weight is 238 g/mol. The summed E-state index contributed by atoms with van der Waals surface area (Å²) < 4.78 is 0. The number of nitrogens with one attached hydrogen (secondary N) is 1. The Kier molecular flexibility index (Phi) is 3.30. The molecule has 88 valence electrons. The van der Waals surface area contributed by atoms with E-state index < -0.39 is 0 Å². The highest BCUT2D eigenvalue weighted by molar-refractivity contribution is 7.08. The van der Waals surface area contributed by atoms with Crippen molar-refractivity contribution in [1.29, 1.82) is 0 Å². The number of amides is 1. The molecule has 0 spiro atoms. The summed E-state index contributed by atoms with van der Waals surface area (Å²) in [7, 11) is 0. The molecule has 0 unspecified atom stereocenters. The predicted octanol–water partition coefficient (Wildman–Crippen LogP) is 1.80. The van der Waals surface area contributed by atoms with E-state index in [4.69, 9.17) is 5.73 Å². The maximum Gasteiger partial charge on any atom is 0.227 e. The van der Waals surface area contributed by atoms with Gasteiger partial charge >= 0.3 is 0 Å². The largest absolute Gasteiger partial charge is 0.351 e. The predicted molar refractivity (Wildman–Crippen MR) is 66.2 cm³/mol. The average Bonchev–Trinajstić information content (AvgIpc) is 2.60. The molecule has 0 radical (unpaired) electrons. The summed E-state index contributed by atoms with van der Waals surface area (Å²) in [4.78, 5) is 12.0. The zero-order valence-corrected chi connectivity index (χ0v) is 10.4. The molecule has 1 aromatic heterocycles. The van der Waals surface area contributed by atoms with E-state index in [-0.39, 0.29) is 11.3 Å². The SMILES string of the molecule is Cc1cscc1CNC(=O)C1(CN)CCC1. The minimum Gasteiger partial charge on any atom is -0.351 e. The quantitative estimate of drug-likeness (QED) is 0.840. The molecule has 1 aliphatic carbocycles. The Hall–Kier alpha value is -0.870. The maximum absolute atomic E-state index is 12.0. The lowest BCUT2D eigenvalue weighted by Crippen LogP contribution is -2.50. The molecule has 1 saturated carbocycles. The van der Waals surface area contributed by atoms with E-state index in [1.165, 1.54) is 11.1 Å². The first-order valence-corrected chi connectivity index (χ1v) is 6.62. The Bertz CT molecular complexity index is 377. The van der Waals surface area contributed by atoms with Crippen LogP contribution in [0.5, 0.6) is 0 Å². The molecule has 0 atom stereocenters. The molecule has 1 amide bonds. The topological polar surface area (TPSA) is 55.1 Å². The van der Waals surface area contributed by atoms with Gasteiger partial charge in [0.2, 0.25) is 5.91 Å². The fraction of sp³-hybridized carbons (Fsp3) is 0.583. The fourth-order valence-corrected chi connectivity index (χ4v) is 2.92. The number of carbonyl (C=O) groups excluding carboxylic acids is 1. The smallest absolute Gasteiger partial charge is 0.227 e. The molecule has 1 heterocycles. The van der Waals surface area contributed by atoms with Crippen molar-refractivity contribution in [2.24, 2.45) is 11.1 Å². The van der Waals surface area contributed by atoms with Crippen molar-refractivity contribution in [2.45, 2.75) is 32.7 Å². The van der Waals surface area contributed by atoms with Crippen LogP contribution in [-0.2, 0) is 11.3 Å². The number of rotatable bonds is 4. The second-order valence-corrected chi connectivity index (χ2v) is 5.34. The van der Waals surface area contributed by atoms with Gasteiger partial charge in [-0.2, -0.15) is 11.3 Å². The normalized spacial score (nSPS) is 17.9. The zero-order valence-electron chi connectivity index (χ0n) is 9.58. The van der Waals surface area contributed by atoms with Crippen LogP contribution >= 0.6 is 11.3 Å². The number of hydrogen-bond donors (Lipinski definition) is 2. The Morgan fingerprint density at radius 1 is 1.56 bits per heavy atom. The third-order valence-corrected chi connectivity index (χ3v) is 4.49. The van der Waals surface area contributed by atoms with Crippen molar-refractivity contribution in [2.75, 3.05) is 6.54 Å². The number of nitrogens with two attached hydrogens (primary N) is 1. The van der Waals surface area contributed by atoms with E-state index in [1.807, 2.05) is 0 Å². The van der Waals surface area contributed by atoms with Crippen molar-refractivity contribution >= 4 is 17.2 Å². The van der Waals surface area contributed by atoms with Gasteiger partial charge in [0.25, 0.3) is 0 Å². The highest BCUT2D eigenvalue weighted by Gasteiger charge is 2.42. The van der Waals surface area contributed by atoms with Gasteiger partial charge < -0.3 is 11.1 Å². The third kappa shape index (κ3) is 1.99. The van der Waals surface area contributed by atoms with Gasteiger partial charge in [-0.25, -0.2) is 0 Å². The van der Waals surface area contributed by atoms with Gasteiger partial charge in [0, 0.05) is 13.1 Å². The number of carbonyl (C=O) groups is 1. The highest BCUT2D eigenvalue weighted by Crippen LogP contribution is 2.40. The zero-order chi connectivity index (χ0) is 11.6. The van der Waals surface area contributed by atoms with Gasteiger partial charge in [-0.05, 0) is 41.7 Å². The van der Waals surface area contributed by atoms with Crippen molar-refractivity contribution in [3.63, 3.8) is 0 Å². The van der Waals surface area contributed by atoms with Gasteiger partial charge in [-0.1, -0.05) is 6.42 Å². The van der Waals surface area contributed by atoms with Crippen LogP contribution in [0.15, 0.2) is 10.8 Å². The first kappa shape index (κ1) is 11.6. The summed E-state index contributed by atoms with van der Waals surface area (Å²) in [5, 5.41) is 7.20. The second kappa shape index (κ2) is 4.55. The molecule has 16 heavy (non-hydrogen) atoms. The van der Waals surface area contributed by atoms with Crippen molar-refractivity contribution in [3.8, 4) is 0 Å². The highest BCUT2D eigenvalue weighted by atomic mass is 32.1. The van der Waals surface area contributed by atoms with Crippen LogP contribution in [-0.4, -0.2) is 12.5 Å². The molecule has 4 heteroatoms. The summed E-state index contributed by atoms with van der Waals surface area (Å²) in [6.07, 6.45) is 3.01. The molecule has 0 aromatic carbocycles. The molecule has 2 rings (SSSR count). The van der Waals surface area contributed by atoms with Crippen LogP contribution in [0.3, 0.4) is 0 Å².